The Bertz CT molecular complexity index is 1190. The van der Waals surface area contributed by atoms with Gasteiger partial charge in [-0.05, 0) is 43.7 Å². The number of quaternary nitrogens is 1. The molecular formula is C28H29ClNO3+. The zero-order valence-corrected chi connectivity index (χ0v) is 20.0. The van der Waals surface area contributed by atoms with Crippen LogP contribution in [-0.4, -0.2) is 37.3 Å². The van der Waals surface area contributed by atoms with Crippen LogP contribution < -0.4 is 4.74 Å². The fourth-order valence-corrected chi connectivity index (χ4v) is 5.46. The van der Waals surface area contributed by atoms with Gasteiger partial charge in [0.25, 0.3) is 0 Å². The largest absolute Gasteiger partial charge is 0.457 e. The summed E-state index contributed by atoms with van der Waals surface area (Å²) in [5.74, 6) is 2.03. The van der Waals surface area contributed by atoms with Crippen molar-refractivity contribution in [1.29, 1.82) is 0 Å². The van der Waals surface area contributed by atoms with Gasteiger partial charge in [-0.1, -0.05) is 60.1 Å². The molecule has 0 bridgehead atoms. The summed E-state index contributed by atoms with van der Waals surface area (Å²) in [5.41, 5.74) is 2.58. The first-order chi connectivity index (χ1) is 15.8. The summed E-state index contributed by atoms with van der Waals surface area (Å²) < 4.78 is 12.9. The van der Waals surface area contributed by atoms with Gasteiger partial charge in [-0.25, -0.2) is 0 Å². The Labute approximate surface area is 200 Å². The van der Waals surface area contributed by atoms with Gasteiger partial charge in [-0.3, -0.25) is 9.28 Å². The molecule has 3 aromatic carbocycles. The Hall–Kier alpha value is -2.82. The Kier molecular flexibility index (Phi) is 5.46. The SMILES string of the molecule is CC(C)(C(=O)OC[N+]1(C)CC2c3ccccc3Oc3ccc(Cl)cc3C2C1)c1ccccc1. The van der Waals surface area contributed by atoms with Crippen molar-refractivity contribution in [2.45, 2.75) is 31.1 Å². The van der Waals surface area contributed by atoms with Gasteiger partial charge >= 0.3 is 5.97 Å². The number of hydrogen-bond acceptors (Lipinski definition) is 3. The summed E-state index contributed by atoms with van der Waals surface area (Å²) in [6.45, 7) is 5.88. The van der Waals surface area contributed by atoms with Crippen molar-refractivity contribution in [1.82, 2.24) is 0 Å². The predicted octanol–water partition coefficient (Wildman–Crippen LogP) is 6.25. The highest BCUT2D eigenvalue weighted by molar-refractivity contribution is 6.30. The molecule has 0 radical (unpaired) electrons. The second-order valence-corrected chi connectivity index (χ2v) is 10.5. The molecule has 4 nitrogen and oxygen atoms in total. The van der Waals surface area contributed by atoms with Crippen molar-refractivity contribution in [3.8, 4) is 11.5 Å². The van der Waals surface area contributed by atoms with E-state index in [1.807, 2.05) is 74.5 Å². The third-order valence-corrected chi connectivity index (χ3v) is 7.42. The van der Waals surface area contributed by atoms with E-state index in [9.17, 15) is 4.79 Å². The molecule has 0 saturated carbocycles. The van der Waals surface area contributed by atoms with Crippen molar-refractivity contribution in [2.75, 3.05) is 26.9 Å². The minimum absolute atomic E-state index is 0.202. The molecule has 3 unspecified atom stereocenters. The van der Waals surface area contributed by atoms with Gasteiger partial charge in [-0.2, -0.15) is 0 Å². The number of hydrogen-bond donors (Lipinski definition) is 0. The molecule has 5 rings (SSSR count). The van der Waals surface area contributed by atoms with Gasteiger partial charge in [0, 0.05) is 28.0 Å². The third-order valence-electron chi connectivity index (χ3n) is 7.18. The highest BCUT2D eigenvalue weighted by Gasteiger charge is 2.48. The third kappa shape index (κ3) is 4.03. The lowest BCUT2D eigenvalue weighted by Crippen LogP contribution is -2.46. The zero-order chi connectivity index (χ0) is 23.2. The van der Waals surface area contributed by atoms with Crippen molar-refractivity contribution >= 4 is 17.6 Å². The number of likely N-dealkylation sites (N-methyl/N-ethyl adjacent to an activating group) is 1. The number of rotatable bonds is 4. The zero-order valence-electron chi connectivity index (χ0n) is 19.3. The van der Waals surface area contributed by atoms with Crippen LogP contribution in [0.5, 0.6) is 11.5 Å². The topological polar surface area (TPSA) is 35.5 Å². The number of fused-ring (bicyclic) bond motifs is 5. The number of likely N-dealkylation sites (tertiary alicyclic amines) is 1. The van der Waals surface area contributed by atoms with Crippen LogP contribution >= 0.6 is 11.6 Å². The summed E-state index contributed by atoms with van der Waals surface area (Å²) in [6, 6.07) is 23.9. The molecule has 2 heterocycles. The van der Waals surface area contributed by atoms with Gasteiger partial charge in [0.05, 0.1) is 25.6 Å². The Morgan fingerprint density at radius 2 is 1.61 bits per heavy atom. The van der Waals surface area contributed by atoms with Crippen LogP contribution in [0.3, 0.4) is 0 Å². The number of benzene rings is 3. The quantitative estimate of drug-likeness (QED) is 0.339. The van der Waals surface area contributed by atoms with Gasteiger partial charge in [0.15, 0.2) is 0 Å². The number of nitrogens with zero attached hydrogens (tertiary/aromatic N) is 1. The summed E-state index contributed by atoms with van der Waals surface area (Å²) >= 11 is 6.38. The van der Waals surface area contributed by atoms with Crippen molar-refractivity contribution in [3.63, 3.8) is 0 Å². The van der Waals surface area contributed by atoms with Crippen LogP contribution in [0.15, 0.2) is 72.8 Å². The van der Waals surface area contributed by atoms with Crippen molar-refractivity contribution in [2.24, 2.45) is 0 Å². The van der Waals surface area contributed by atoms with Crippen LogP contribution in [0.2, 0.25) is 5.02 Å². The summed E-state index contributed by atoms with van der Waals surface area (Å²) in [4.78, 5) is 13.1. The van der Waals surface area contributed by atoms with Gasteiger partial charge < -0.3 is 9.47 Å². The maximum Gasteiger partial charge on any atom is 0.320 e. The first-order valence-corrected chi connectivity index (χ1v) is 11.8. The summed E-state index contributed by atoms with van der Waals surface area (Å²) in [7, 11) is 2.17. The lowest BCUT2D eigenvalue weighted by molar-refractivity contribution is -0.915. The minimum Gasteiger partial charge on any atom is -0.457 e. The Balaban J connectivity index is 1.41. The number of esters is 1. The monoisotopic (exact) mass is 462 g/mol. The Morgan fingerprint density at radius 3 is 2.36 bits per heavy atom. The van der Waals surface area contributed by atoms with Gasteiger partial charge in [-0.15, -0.1) is 0 Å². The molecule has 1 saturated heterocycles. The molecule has 0 spiro atoms. The number of halogens is 1. The maximum absolute atomic E-state index is 13.1. The van der Waals surface area contributed by atoms with Crippen LogP contribution in [0.4, 0.5) is 0 Å². The molecule has 2 aliphatic heterocycles. The van der Waals surface area contributed by atoms with Crippen LogP contribution in [0, 0.1) is 0 Å². The van der Waals surface area contributed by atoms with Gasteiger partial charge in [0.2, 0.25) is 6.73 Å². The standard InChI is InChI=1S/C28H29ClNO3/c1-28(2,19-9-5-4-6-10-19)27(31)32-18-30(3)16-23-21-11-7-8-12-25(21)33-26-14-13-20(29)15-22(26)24(23)17-30/h4-15,23-24H,16-18H2,1-3H3/q+1. The van der Waals surface area contributed by atoms with Crippen molar-refractivity contribution < 1.29 is 18.8 Å². The summed E-state index contributed by atoms with van der Waals surface area (Å²) in [6.07, 6.45) is 0. The van der Waals surface area contributed by atoms with Crippen LogP contribution in [0.1, 0.15) is 42.4 Å². The average molecular weight is 463 g/mol. The van der Waals surface area contributed by atoms with Crippen LogP contribution in [-0.2, 0) is 14.9 Å². The predicted molar refractivity (Wildman–Crippen MR) is 130 cm³/mol. The van der Waals surface area contributed by atoms with E-state index in [1.165, 1.54) is 5.56 Å². The molecule has 170 valence electrons. The van der Waals surface area contributed by atoms with Crippen molar-refractivity contribution in [3.05, 3.63) is 94.5 Å². The number of para-hydroxylation sites is 1. The molecule has 0 aliphatic carbocycles. The van der Waals surface area contributed by atoms with E-state index in [2.05, 4.69) is 19.2 Å². The van der Waals surface area contributed by atoms with E-state index >= 15 is 0 Å². The fraction of sp³-hybridized carbons (Fsp3) is 0.321. The van der Waals surface area contributed by atoms with E-state index in [0.29, 0.717) is 16.2 Å². The lowest BCUT2D eigenvalue weighted by Gasteiger charge is -2.31. The highest BCUT2D eigenvalue weighted by atomic mass is 35.5. The highest BCUT2D eigenvalue weighted by Crippen LogP contribution is 2.51. The van der Waals surface area contributed by atoms with E-state index in [-0.39, 0.29) is 17.8 Å². The smallest absolute Gasteiger partial charge is 0.320 e. The van der Waals surface area contributed by atoms with E-state index in [4.69, 9.17) is 21.1 Å². The normalized spacial score (nSPS) is 23.5. The molecule has 5 heteroatoms. The average Bonchev–Trinajstić information content (AvgIpc) is 3.11. The van der Waals surface area contributed by atoms with Crippen LogP contribution in [0.25, 0.3) is 0 Å². The molecule has 3 atom stereocenters. The lowest BCUT2D eigenvalue weighted by atomic mass is 9.84. The van der Waals surface area contributed by atoms with E-state index < -0.39 is 5.41 Å². The molecule has 33 heavy (non-hydrogen) atoms. The van der Waals surface area contributed by atoms with Gasteiger partial charge in [0.1, 0.15) is 11.5 Å². The maximum atomic E-state index is 13.1. The molecule has 0 amide bonds. The molecule has 2 aliphatic rings. The van der Waals surface area contributed by atoms with E-state index in [1.54, 1.807) is 0 Å². The first kappa shape index (κ1) is 22.0. The van der Waals surface area contributed by atoms with E-state index in [0.717, 1.165) is 35.7 Å². The minimum atomic E-state index is -0.703. The number of carbonyl (C=O) groups is 1. The Morgan fingerprint density at radius 1 is 0.970 bits per heavy atom. The number of ether oxygens (including phenoxy) is 2. The fourth-order valence-electron chi connectivity index (χ4n) is 5.28. The molecule has 1 fully saturated rings. The summed E-state index contributed by atoms with van der Waals surface area (Å²) in [5, 5.41) is 0.708. The molecule has 0 aromatic heterocycles. The molecule has 3 aromatic rings. The molecular weight excluding hydrogens is 434 g/mol. The first-order valence-electron chi connectivity index (χ1n) is 11.4. The second kappa shape index (κ2) is 8.19. The number of carbonyl (C=O) groups excluding carboxylic acids is 1. The molecule has 0 N–H and O–H groups in total. The second-order valence-electron chi connectivity index (χ2n) is 10.1.